The molecule has 2 aromatic rings. The molecule has 112 valence electrons. The summed E-state index contributed by atoms with van der Waals surface area (Å²) in [6.07, 6.45) is 5.37. The minimum Gasteiger partial charge on any atom is -0.508 e. The summed E-state index contributed by atoms with van der Waals surface area (Å²) in [7, 11) is 0. The van der Waals surface area contributed by atoms with Crippen molar-refractivity contribution in [1.29, 1.82) is 0 Å². The van der Waals surface area contributed by atoms with Gasteiger partial charge in [0, 0.05) is 10.9 Å². The topological polar surface area (TPSA) is 20.2 Å². The van der Waals surface area contributed by atoms with Gasteiger partial charge in [-0.3, -0.25) is 0 Å². The number of terminal acetylenes is 1. The number of fused-ring (bicyclic) bond motifs is 1. The Morgan fingerprint density at radius 1 is 1.29 bits per heavy atom. The quantitative estimate of drug-likeness (QED) is 0.745. The summed E-state index contributed by atoms with van der Waals surface area (Å²) in [5.74, 6) is 1.63. The van der Waals surface area contributed by atoms with E-state index in [9.17, 15) is 13.9 Å². The predicted molar refractivity (Wildman–Crippen MR) is 83.8 cm³/mol. The highest BCUT2D eigenvalue weighted by Crippen LogP contribution is 2.37. The van der Waals surface area contributed by atoms with E-state index in [0.29, 0.717) is 16.3 Å². The zero-order valence-electron chi connectivity index (χ0n) is 12.8. The van der Waals surface area contributed by atoms with E-state index in [0.717, 1.165) is 0 Å². The van der Waals surface area contributed by atoms with Gasteiger partial charge in [-0.1, -0.05) is 39.7 Å². The minimum atomic E-state index is -0.810. The van der Waals surface area contributed by atoms with Crippen molar-refractivity contribution in [2.45, 2.75) is 40.3 Å². The van der Waals surface area contributed by atoms with Crippen LogP contribution in [0.25, 0.3) is 10.8 Å². The van der Waals surface area contributed by atoms with Gasteiger partial charge in [-0.15, -0.1) is 6.42 Å². The first kappa shape index (κ1) is 17.0. The molecule has 2 aromatic carbocycles. The molecule has 0 bridgehead atoms. The molecule has 0 fully saturated rings. The average molecular weight is 290 g/mol. The van der Waals surface area contributed by atoms with Gasteiger partial charge in [-0.05, 0) is 29.0 Å². The maximum absolute atomic E-state index is 13.8. The Kier molecular flexibility index (Phi) is 5.72. The fourth-order valence-electron chi connectivity index (χ4n) is 2.45. The zero-order valence-corrected chi connectivity index (χ0v) is 12.8. The Morgan fingerprint density at radius 2 is 1.90 bits per heavy atom. The van der Waals surface area contributed by atoms with Crippen LogP contribution in [0.1, 0.15) is 50.3 Å². The molecule has 0 spiro atoms. The third-order valence-electron chi connectivity index (χ3n) is 3.24. The predicted octanol–water partition coefficient (Wildman–Crippen LogP) is 5.28. The lowest BCUT2D eigenvalue weighted by atomic mass is 9.88. The molecule has 3 heteroatoms. The SMILES string of the molecule is C#Cc1c(F)ccc2cc(O)c(CF)c(C(C)C)c12.CC. The van der Waals surface area contributed by atoms with Crippen LogP contribution in [0.4, 0.5) is 8.78 Å². The summed E-state index contributed by atoms with van der Waals surface area (Å²) < 4.78 is 27.0. The number of benzene rings is 2. The van der Waals surface area contributed by atoms with E-state index in [1.165, 1.54) is 12.1 Å². The molecule has 0 radical (unpaired) electrons. The van der Waals surface area contributed by atoms with Gasteiger partial charge in [0.2, 0.25) is 0 Å². The Hall–Kier alpha value is -2.08. The lowest BCUT2D eigenvalue weighted by Gasteiger charge is -2.17. The van der Waals surface area contributed by atoms with Crippen LogP contribution in [0, 0.1) is 18.2 Å². The smallest absolute Gasteiger partial charge is 0.139 e. The maximum Gasteiger partial charge on any atom is 0.139 e. The Labute approximate surface area is 124 Å². The summed E-state index contributed by atoms with van der Waals surface area (Å²) in [6, 6.07) is 4.23. The molecule has 0 aromatic heterocycles. The van der Waals surface area contributed by atoms with Gasteiger partial charge in [-0.2, -0.15) is 0 Å². The first-order valence-electron chi connectivity index (χ1n) is 7.00. The van der Waals surface area contributed by atoms with Gasteiger partial charge in [0.15, 0.2) is 0 Å². The summed E-state index contributed by atoms with van der Waals surface area (Å²) in [4.78, 5) is 0. The highest BCUT2D eigenvalue weighted by atomic mass is 19.1. The number of hydrogen-bond acceptors (Lipinski definition) is 1. The van der Waals surface area contributed by atoms with E-state index in [1.807, 2.05) is 27.7 Å². The van der Waals surface area contributed by atoms with Gasteiger partial charge < -0.3 is 5.11 Å². The lowest BCUT2D eigenvalue weighted by Crippen LogP contribution is -2.00. The molecule has 21 heavy (non-hydrogen) atoms. The fourth-order valence-corrected chi connectivity index (χ4v) is 2.45. The molecule has 0 heterocycles. The molecule has 1 N–H and O–H groups in total. The van der Waals surface area contributed by atoms with Gasteiger partial charge >= 0.3 is 0 Å². The second-order valence-corrected chi connectivity index (χ2v) is 4.74. The summed E-state index contributed by atoms with van der Waals surface area (Å²) in [6.45, 7) is 6.91. The number of phenolic OH excluding ortho intramolecular Hbond substituents is 1. The van der Waals surface area contributed by atoms with E-state index in [1.54, 1.807) is 6.07 Å². The van der Waals surface area contributed by atoms with Crippen LogP contribution in [-0.2, 0) is 6.67 Å². The van der Waals surface area contributed by atoms with E-state index in [-0.39, 0.29) is 22.8 Å². The number of hydrogen-bond donors (Lipinski definition) is 1. The van der Waals surface area contributed by atoms with Crippen molar-refractivity contribution >= 4 is 10.8 Å². The van der Waals surface area contributed by atoms with Gasteiger partial charge in [-0.25, -0.2) is 8.78 Å². The molecule has 0 saturated carbocycles. The third-order valence-corrected chi connectivity index (χ3v) is 3.24. The number of phenols is 1. The third kappa shape index (κ3) is 3.00. The first-order chi connectivity index (χ1) is 10.0. The first-order valence-corrected chi connectivity index (χ1v) is 7.00. The van der Waals surface area contributed by atoms with Crippen molar-refractivity contribution in [3.05, 3.63) is 40.7 Å². The monoisotopic (exact) mass is 290 g/mol. The standard InChI is InChI=1S/C16H14F2O.C2H6/c1-4-11-13(18)6-5-10-7-14(19)12(8-17)15(9(2)3)16(10)11;1-2/h1,5-7,9,19H,8H2,2-3H3;1-2H3. The van der Waals surface area contributed by atoms with Crippen LogP contribution in [0.15, 0.2) is 18.2 Å². The van der Waals surface area contributed by atoms with E-state index >= 15 is 0 Å². The highest BCUT2D eigenvalue weighted by Gasteiger charge is 2.19. The van der Waals surface area contributed by atoms with Gasteiger partial charge in [0.1, 0.15) is 18.2 Å². The van der Waals surface area contributed by atoms with Crippen molar-refractivity contribution in [2.24, 2.45) is 0 Å². The Balaban J connectivity index is 0.00000106. The summed E-state index contributed by atoms with van der Waals surface area (Å²) in [5.41, 5.74) is 0.880. The van der Waals surface area contributed by atoms with Gasteiger partial charge in [0.05, 0.1) is 5.56 Å². The molecular formula is C18H20F2O. The molecule has 1 nitrogen and oxygen atoms in total. The highest BCUT2D eigenvalue weighted by molar-refractivity contribution is 5.94. The summed E-state index contributed by atoms with van der Waals surface area (Å²) >= 11 is 0. The molecule has 0 atom stereocenters. The normalized spacial score (nSPS) is 10.2. The largest absolute Gasteiger partial charge is 0.508 e. The van der Waals surface area contributed by atoms with Crippen LogP contribution in [-0.4, -0.2) is 5.11 Å². The molecular weight excluding hydrogens is 270 g/mol. The van der Waals surface area contributed by atoms with Crippen LogP contribution < -0.4 is 0 Å². The van der Waals surface area contributed by atoms with Crippen LogP contribution in [0.3, 0.4) is 0 Å². The fraction of sp³-hybridized carbons (Fsp3) is 0.333. The maximum atomic E-state index is 13.8. The lowest BCUT2D eigenvalue weighted by molar-refractivity contribution is 0.430. The Bertz CT molecular complexity index is 682. The van der Waals surface area contributed by atoms with Crippen LogP contribution >= 0.6 is 0 Å². The molecule has 0 aliphatic heterocycles. The van der Waals surface area contributed by atoms with Crippen molar-refractivity contribution in [3.8, 4) is 18.1 Å². The van der Waals surface area contributed by atoms with E-state index < -0.39 is 12.5 Å². The van der Waals surface area contributed by atoms with E-state index in [4.69, 9.17) is 6.42 Å². The number of rotatable bonds is 2. The van der Waals surface area contributed by atoms with Crippen molar-refractivity contribution in [2.75, 3.05) is 0 Å². The number of halogens is 2. The number of aromatic hydroxyl groups is 1. The molecule has 0 amide bonds. The zero-order chi connectivity index (χ0) is 16.2. The van der Waals surface area contributed by atoms with Gasteiger partial charge in [0.25, 0.3) is 0 Å². The molecule has 2 rings (SSSR count). The molecule has 0 saturated heterocycles. The van der Waals surface area contributed by atoms with Crippen LogP contribution in [0.5, 0.6) is 5.75 Å². The molecule has 0 unspecified atom stereocenters. The second kappa shape index (κ2) is 7.08. The van der Waals surface area contributed by atoms with Crippen molar-refractivity contribution < 1.29 is 13.9 Å². The van der Waals surface area contributed by atoms with E-state index in [2.05, 4.69) is 5.92 Å². The summed E-state index contributed by atoms with van der Waals surface area (Å²) in [5, 5.41) is 11.0. The number of alkyl halides is 1. The van der Waals surface area contributed by atoms with Crippen molar-refractivity contribution in [1.82, 2.24) is 0 Å². The molecule has 0 aliphatic carbocycles. The Morgan fingerprint density at radius 3 is 2.38 bits per heavy atom. The van der Waals surface area contributed by atoms with Crippen molar-refractivity contribution in [3.63, 3.8) is 0 Å². The molecule has 0 aliphatic rings. The average Bonchev–Trinajstić information content (AvgIpc) is 2.48. The second-order valence-electron chi connectivity index (χ2n) is 4.74. The minimum absolute atomic E-state index is 0.0748. The van der Waals surface area contributed by atoms with Crippen LogP contribution in [0.2, 0.25) is 0 Å².